The fraction of sp³-hybridized carbons (Fsp3) is 0.292. The zero-order valence-electron chi connectivity index (χ0n) is 17.3. The predicted octanol–water partition coefficient (Wildman–Crippen LogP) is 4.06. The number of esters is 1. The summed E-state index contributed by atoms with van der Waals surface area (Å²) in [5.74, 6) is 0.0427. The Hall–Kier alpha value is -2.93. The first-order chi connectivity index (χ1) is 14.9. The summed E-state index contributed by atoms with van der Waals surface area (Å²) in [4.78, 5) is 37.8. The van der Waals surface area contributed by atoms with Gasteiger partial charge in [-0.1, -0.05) is 34.1 Å². The Kier molecular flexibility index (Phi) is 8.00. The van der Waals surface area contributed by atoms with Crippen molar-refractivity contribution in [2.24, 2.45) is 5.92 Å². The van der Waals surface area contributed by atoms with Crippen LogP contribution in [0, 0.1) is 5.92 Å². The molecule has 6 nitrogen and oxygen atoms in total. The standard InChI is InChI=1S/C24H25BrN2O4/c1-17(28)31-22-7-3-5-20(15-22)24(30)26-16-19-10-12-27(13-11-19)23(29)9-8-18-4-2-6-21(25)14-18/h2-9,14-15,19H,10-13,16H2,1H3,(H,26,30)/b9-8+. The van der Waals surface area contributed by atoms with Crippen LogP contribution in [-0.4, -0.2) is 42.3 Å². The molecule has 1 aliphatic rings. The van der Waals surface area contributed by atoms with E-state index in [4.69, 9.17) is 4.74 Å². The van der Waals surface area contributed by atoms with E-state index in [1.165, 1.54) is 6.92 Å². The fourth-order valence-electron chi connectivity index (χ4n) is 3.45. The molecule has 1 saturated heterocycles. The van der Waals surface area contributed by atoms with Gasteiger partial charge in [-0.05, 0) is 60.7 Å². The molecule has 2 aromatic carbocycles. The number of carbonyl (C=O) groups is 3. The second-order valence-corrected chi connectivity index (χ2v) is 8.40. The maximum Gasteiger partial charge on any atom is 0.308 e. The molecule has 0 saturated carbocycles. The van der Waals surface area contributed by atoms with Gasteiger partial charge in [0.05, 0.1) is 0 Å². The number of carbonyl (C=O) groups excluding carboxylic acids is 3. The largest absolute Gasteiger partial charge is 0.427 e. The molecule has 1 N–H and O–H groups in total. The zero-order chi connectivity index (χ0) is 22.2. The highest BCUT2D eigenvalue weighted by Gasteiger charge is 2.22. The van der Waals surface area contributed by atoms with Crippen LogP contribution in [0.4, 0.5) is 0 Å². The predicted molar refractivity (Wildman–Crippen MR) is 123 cm³/mol. The summed E-state index contributed by atoms with van der Waals surface area (Å²) in [6, 6.07) is 14.3. The summed E-state index contributed by atoms with van der Waals surface area (Å²) < 4.78 is 6.00. The summed E-state index contributed by atoms with van der Waals surface area (Å²) >= 11 is 3.43. The highest BCUT2D eigenvalue weighted by molar-refractivity contribution is 9.10. The topological polar surface area (TPSA) is 75.7 Å². The van der Waals surface area contributed by atoms with Gasteiger partial charge in [-0.2, -0.15) is 0 Å². The van der Waals surface area contributed by atoms with Crippen LogP contribution in [0.25, 0.3) is 6.08 Å². The van der Waals surface area contributed by atoms with Crippen LogP contribution in [0.15, 0.2) is 59.1 Å². The molecular weight excluding hydrogens is 460 g/mol. The van der Waals surface area contributed by atoms with Crippen molar-refractivity contribution >= 4 is 39.8 Å². The smallest absolute Gasteiger partial charge is 0.308 e. The SMILES string of the molecule is CC(=O)Oc1cccc(C(=O)NCC2CCN(C(=O)/C=C/c3cccc(Br)c3)CC2)c1. The van der Waals surface area contributed by atoms with E-state index in [9.17, 15) is 14.4 Å². The van der Waals surface area contributed by atoms with Crippen molar-refractivity contribution in [1.82, 2.24) is 10.2 Å². The monoisotopic (exact) mass is 484 g/mol. The number of piperidine rings is 1. The zero-order valence-corrected chi connectivity index (χ0v) is 18.9. The van der Waals surface area contributed by atoms with Crippen LogP contribution < -0.4 is 10.1 Å². The average Bonchev–Trinajstić information content (AvgIpc) is 2.76. The molecule has 3 rings (SSSR count). The van der Waals surface area contributed by atoms with Crippen molar-refractivity contribution in [2.75, 3.05) is 19.6 Å². The Morgan fingerprint density at radius 1 is 1.13 bits per heavy atom. The molecule has 0 unspecified atom stereocenters. The minimum Gasteiger partial charge on any atom is -0.427 e. The number of ether oxygens (including phenoxy) is 1. The normalized spacial score (nSPS) is 14.5. The molecule has 0 aromatic heterocycles. The number of hydrogen-bond acceptors (Lipinski definition) is 4. The van der Waals surface area contributed by atoms with Crippen molar-refractivity contribution < 1.29 is 19.1 Å². The van der Waals surface area contributed by atoms with E-state index in [-0.39, 0.29) is 11.8 Å². The third kappa shape index (κ3) is 7.07. The molecule has 0 bridgehead atoms. The van der Waals surface area contributed by atoms with Gasteiger partial charge in [-0.15, -0.1) is 0 Å². The van der Waals surface area contributed by atoms with E-state index in [1.54, 1.807) is 30.3 Å². The maximum atomic E-state index is 12.4. The lowest BCUT2D eigenvalue weighted by atomic mass is 9.96. The minimum atomic E-state index is -0.426. The lowest BCUT2D eigenvalue weighted by molar-refractivity contribution is -0.132. The molecule has 1 heterocycles. The lowest BCUT2D eigenvalue weighted by Crippen LogP contribution is -2.41. The number of nitrogens with zero attached hydrogens (tertiary/aromatic N) is 1. The van der Waals surface area contributed by atoms with Gasteiger partial charge in [0.2, 0.25) is 5.91 Å². The number of amides is 2. The Bertz CT molecular complexity index is 981. The van der Waals surface area contributed by atoms with Crippen molar-refractivity contribution in [3.05, 3.63) is 70.2 Å². The van der Waals surface area contributed by atoms with Crippen molar-refractivity contribution in [3.63, 3.8) is 0 Å². The van der Waals surface area contributed by atoms with Gasteiger partial charge >= 0.3 is 5.97 Å². The van der Waals surface area contributed by atoms with Gasteiger partial charge in [-0.3, -0.25) is 14.4 Å². The Balaban J connectivity index is 1.44. The van der Waals surface area contributed by atoms with Gasteiger partial charge in [0, 0.05) is 42.7 Å². The van der Waals surface area contributed by atoms with E-state index >= 15 is 0 Å². The second-order valence-electron chi connectivity index (χ2n) is 7.49. The van der Waals surface area contributed by atoms with Crippen LogP contribution in [0.3, 0.4) is 0 Å². The Morgan fingerprint density at radius 2 is 1.87 bits per heavy atom. The maximum absolute atomic E-state index is 12.4. The molecule has 0 spiro atoms. The summed E-state index contributed by atoms with van der Waals surface area (Å²) in [6.45, 7) is 3.21. The molecule has 31 heavy (non-hydrogen) atoms. The lowest BCUT2D eigenvalue weighted by Gasteiger charge is -2.31. The molecule has 1 aliphatic heterocycles. The van der Waals surface area contributed by atoms with E-state index < -0.39 is 5.97 Å². The Morgan fingerprint density at radius 3 is 2.58 bits per heavy atom. The van der Waals surface area contributed by atoms with E-state index in [0.29, 0.717) is 36.9 Å². The minimum absolute atomic E-state index is 0.00440. The highest BCUT2D eigenvalue weighted by Crippen LogP contribution is 2.18. The van der Waals surface area contributed by atoms with Crippen LogP contribution in [0.2, 0.25) is 0 Å². The third-order valence-electron chi connectivity index (χ3n) is 5.10. The molecular formula is C24H25BrN2O4. The van der Waals surface area contributed by atoms with Crippen LogP contribution in [-0.2, 0) is 9.59 Å². The van der Waals surface area contributed by atoms with Crippen molar-refractivity contribution in [2.45, 2.75) is 19.8 Å². The van der Waals surface area contributed by atoms with Crippen LogP contribution in [0.1, 0.15) is 35.7 Å². The second kappa shape index (κ2) is 10.9. The number of nitrogens with one attached hydrogen (secondary N) is 1. The van der Waals surface area contributed by atoms with Gasteiger partial charge in [0.15, 0.2) is 0 Å². The quantitative estimate of drug-likeness (QED) is 0.381. The molecule has 0 radical (unpaired) electrons. The summed E-state index contributed by atoms with van der Waals surface area (Å²) in [5, 5.41) is 2.94. The summed E-state index contributed by atoms with van der Waals surface area (Å²) in [5.41, 5.74) is 1.42. The molecule has 2 aromatic rings. The first kappa shape index (κ1) is 22.7. The van der Waals surface area contributed by atoms with Gasteiger partial charge in [-0.25, -0.2) is 0 Å². The molecule has 2 amide bonds. The number of hydrogen-bond donors (Lipinski definition) is 1. The fourth-order valence-corrected chi connectivity index (χ4v) is 3.86. The summed E-state index contributed by atoms with van der Waals surface area (Å²) in [6.07, 6.45) is 5.11. The Labute approximate surface area is 190 Å². The van der Waals surface area contributed by atoms with Gasteiger partial charge in [0.1, 0.15) is 5.75 Å². The van der Waals surface area contributed by atoms with Crippen LogP contribution in [0.5, 0.6) is 5.75 Å². The molecule has 1 fully saturated rings. The number of benzene rings is 2. The number of likely N-dealkylation sites (tertiary alicyclic amines) is 1. The first-order valence-corrected chi connectivity index (χ1v) is 11.0. The number of halogens is 1. The van der Waals surface area contributed by atoms with Crippen molar-refractivity contribution in [3.8, 4) is 5.75 Å². The molecule has 7 heteroatoms. The molecule has 0 aliphatic carbocycles. The molecule has 0 atom stereocenters. The van der Waals surface area contributed by atoms with Crippen LogP contribution >= 0.6 is 15.9 Å². The first-order valence-electron chi connectivity index (χ1n) is 10.2. The van der Waals surface area contributed by atoms with Gasteiger partial charge < -0.3 is 15.0 Å². The van der Waals surface area contributed by atoms with E-state index in [0.717, 1.165) is 22.9 Å². The summed E-state index contributed by atoms with van der Waals surface area (Å²) in [7, 11) is 0. The average molecular weight is 485 g/mol. The van der Waals surface area contributed by atoms with E-state index in [2.05, 4.69) is 21.2 Å². The molecule has 162 valence electrons. The highest BCUT2D eigenvalue weighted by atomic mass is 79.9. The van der Waals surface area contributed by atoms with Gasteiger partial charge in [0.25, 0.3) is 5.91 Å². The third-order valence-corrected chi connectivity index (χ3v) is 5.60. The van der Waals surface area contributed by atoms with Crippen molar-refractivity contribution in [1.29, 1.82) is 0 Å². The number of rotatable bonds is 6. The van der Waals surface area contributed by atoms with E-state index in [1.807, 2.05) is 35.2 Å².